The van der Waals surface area contributed by atoms with Crippen LogP contribution in [0.1, 0.15) is 79.6 Å². The third-order valence-corrected chi connectivity index (χ3v) is 5.66. The highest BCUT2D eigenvalue weighted by Crippen LogP contribution is 2.50. The second-order valence-electron chi connectivity index (χ2n) is 9.31. The molecule has 3 heteroatoms. The lowest BCUT2D eigenvalue weighted by Crippen LogP contribution is -2.51. The van der Waals surface area contributed by atoms with Crippen molar-refractivity contribution in [2.24, 2.45) is 10.8 Å². The topological polar surface area (TPSA) is 32.3 Å². The minimum Gasteiger partial charge on any atom is -0.323 e. The average molecular weight is 292 g/mol. The smallest absolute Gasteiger partial charge is 0.244 e. The number of amides is 1. The normalized spacial score (nSPS) is 33.7. The lowest BCUT2D eigenvalue weighted by molar-refractivity contribution is -0.135. The Morgan fingerprint density at radius 3 is 2.19 bits per heavy atom. The first-order valence-corrected chi connectivity index (χ1v) is 8.79. The van der Waals surface area contributed by atoms with E-state index in [2.05, 4.69) is 44.8 Å². The molecule has 3 rings (SSSR count). The SMILES string of the molecule is CCCC1NC2(CC2)C(=O)N1C1CC(C)(C)CC(C)(C)C1. The minimum atomic E-state index is -0.161. The van der Waals surface area contributed by atoms with Crippen LogP contribution in [0.15, 0.2) is 0 Å². The zero-order valence-electron chi connectivity index (χ0n) is 14.5. The number of rotatable bonds is 3. The largest absolute Gasteiger partial charge is 0.323 e. The molecule has 1 atom stereocenters. The van der Waals surface area contributed by atoms with Gasteiger partial charge in [0, 0.05) is 6.04 Å². The summed E-state index contributed by atoms with van der Waals surface area (Å²) >= 11 is 0. The summed E-state index contributed by atoms with van der Waals surface area (Å²) in [6, 6.07) is 0.417. The Morgan fingerprint density at radius 1 is 1.14 bits per heavy atom. The first kappa shape index (κ1) is 15.3. The van der Waals surface area contributed by atoms with Gasteiger partial charge in [-0.2, -0.15) is 0 Å². The summed E-state index contributed by atoms with van der Waals surface area (Å²) in [6.45, 7) is 11.7. The molecule has 1 amide bonds. The van der Waals surface area contributed by atoms with Gasteiger partial charge in [0.15, 0.2) is 0 Å². The van der Waals surface area contributed by atoms with Crippen molar-refractivity contribution in [2.45, 2.75) is 97.3 Å². The Bertz CT molecular complexity index is 420. The maximum atomic E-state index is 13.0. The van der Waals surface area contributed by atoms with Gasteiger partial charge in [-0.1, -0.05) is 41.0 Å². The van der Waals surface area contributed by atoms with Crippen molar-refractivity contribution in [1.82, 2.24) is 10.2 Å². The monoisotopic (exact) mass is 292 g/mol. The summed E-state index contributed by atoms with van der Waals surface area (Å²) in [4.78, 5) is 15.2. The molecule has 3 nitrogen and oxygen atoms in total. The van der Waals surface area contributed by atoms with E-state index >= 15 is 0 Å². The van der Waals surface area contributed by atoms with Crippen LogP contribution in [0.2, 0.25) is 0 Å². The van der Waals surface area contributed by atoms with Crippen LogP contribution < -0.4 is 5.32 Å². The van der Waals surface area contributed by atoms with E-state index in [4.69, 9.17) is 0 Å². The predicted molar refractivity (Wildman–Crippen MR) is 85.8 cm³/mol. The Labute approximate surface area is 129 Å². The number of nitrogens with zero attached hydrogens (tertiary/aromatic N) is 1. The van der Waals surface area contributed by atoms with Crippen molar-refractivity contribution >= 4 is 5.91 Å². The second kappa shape index (κ2) is 4.71. The highest BCUT2D eigenvalue weighted by atomic mass is 16.2. The lowest BCUT2D eigenvalue weighted by Gasteiger charge is -2.48. The summed E-state index contributed by atoms with van der Waals surface area (Å²) in [6.07, 6.45) is 8.15. The minimum absolute atomic E-state index is 0.161. The molecular formula is C18H32N2O. The highest BCUT2D eigenvalue weighted by molar-refractivity contribution is 5.92. The first-order valence-electron chi connectivity index (χ1n) is 8.79. The summed E-state index contributed by atoms with van der Waals surface area (Å²) in [5, 5.41) is 3.67. The molecule has 1 heterocycles. The molecule has 2 aliphatic carbocycles. The molecular weight excluding hydrogens is 260 g/mol. The Hall–Kier alpha value is -0.570. The molecule has 3 fully saturated rings. The summed E-state index contributed by atoms with van der Waals surface area (Å²) < 4.78 is 0. The molecule has 1 unspecified atom stereocenters. The highest BCUT2D eigenvalue weighted by Gasteiger charge is 2.60. The van der Waals surface area contributed by atoms with E-state index in [-0.39, 0.29) is 11.7 Å². The quantitative estimate of drug-likeness (QED) is 0.860. The van der Waals surface area contributed by atoms with E-state index in [9.17, 15) is 4.79 Å². The molecule has 0 aromatic rings. The molecule has 21 heavy (non-hydrogen) atoms. The number of carbonyl (C=O) groups excluding carboxylic acids is 1. The number of nitrogens with one attached hydrogen (secondary N) is 1. The standard InChI is InChI=1S/C18H32N2O/c1-6-7-14-19-18(8-9-18)15(21)20(14)13-10-16(2,3)12-17(4,5)11-13/h13-14,19H,6-12H2,1-5H3. The first-order chi connectivity index (χ1) is 9.68. The van der Waals surface area contributed by atoms with Crippen molar-refractivity contribution in [3.05, 3.63) is 0 Å². The molecule has 0 aromatic heterocycles. The predicted octanol–water partition coefficient (Wildman–Crippen LogP) is 3.68. The maximum Gasteiger partial charge on any atom is 0.244 e. The van der Waals surface area contributed by atoms with Crippen LogP contribution in [0.3, 0.4) is 0 Å². The number of hydrogen-bond donors (Lipinski definition) is 1. The van der Waals surface area contributed by atoms with Gasteiger partial charge in [0.1, 0.15) is 0 Å². The van der Waals surface area contributed by atoms with Gasteiger partial charge in [-0.3, -0.25) is 10.1 Å². The molecule has 0 bridgehead atoms. The van der Waals surface area contributed by atoms with Crippen LogP contribution in [-0.2, 0) is 4.79 Å². The third-order valence-electron chi connectivity index (χ3n) is 5.66. The van der Waals surface area contributed by atoms with Crippen LogP contribution >= 0.6 is 0 Å². The molecule has 2 saturated carbocycles. The molecule has 3 aliphatic rings. The third kappa shape index (κ3) is 2.74. The van der Waals surface area contributed by atoms with Gasteiger partial charge >= 0.3 is 0 Å². The van der Waals surface area contributed by atoms with Gasteiger partial charge in [0.2, 0.25) is 5.91 Å². The van der Waals surface area contributed by atoms with Gasteiger partial charge in [0.25, 0.3) is 0 Å². The fraction of sp³-hybridized carbons (Fsp3) is 0.944. The molecule has 120 valence electrons. The lowest BCUT2D eigenvalue weighted by atomic mass is 9.63. The van der Waals surface area contributed by atoms with Crippen LogP contribution in [-0.4, -0.2) is 28.6 Å². The molecule has 1 saturated heterocycles. The molecule has 0 aromatic carbocycles. The van der Waals surface area contributed by atoms with Gasteiger partial charge < -0.3 is 4.90 Å². The van der Waals surface area contributed by atoms with Crippen LogP contribution in [0, 0.1) is 10.8 Å². The summed E-state index contributed by atoms with van der Waals surface area (Å²) in [5.41, 5.74) is 0.511. The van der Waals surface area contributed by atoms with E-state index in [1.54, 1.807) is 0 Å². The molecule has 0 radical (unpaired) electrons. The van der Waals surface area contributed by atoms with E-state index < -0.39 is 0 Å². The Morgan fingerprint density at radius 2 is 1.71 bits per heavy atom. The van der Waals surface area contributed by atoms with Crippen LogP contribution in [0.4, 0.5) is 0 Å². The van der Waals surface area contributed by atoms with Crippen LogP contribution in [0.5, 0.6) is 0 Å². The van der Waals surface area contributed by atoms with Crippen molar-refractivity contribution in [3.8, 4) is 0 Å². The fourth-order valence-corrected chi connectivity index (χ4v) is 5.21. The molecule has 1 aliphatic heterocycles. The van der Waals surface area contributed by atoms with Gasteiger partial charge in [-0.05, 0) is 49.4 Å². The van der Waals surface area contributed by atoms with E-state index in [1.807, 2.05) is 0 Å². The number of carbonyl (C=O) groups is 1. The van der Waals surface area contributed by atoms with Crippen molar-refractivity contribution < 1.29 is 4.79 Å². The van der Waals surface area contributed by atoms with Crippen molar-refractivity contribution in [2.75, 3.05) is 0 Å². The zero-order valence-corrected chi connectivity index (χ0v) is 14.5. The maximum absolute atomic E-state index is 13.0. The fourth-order valence-electron chi connectivity index (χ4n) is 5.21. The zero-order chi connectivity index (χ0) is 15.5. The van der Waals surface area contributed by atoms with Gasteiger partial charge in [-0.25, -0.2) is 0 Å². The van der Waals surface area contributed by atoms with Crippen LogP contribution in [0.25, 0.3) is 0 Å². The summed E-state index contributed by atoms with van der Waals surface area (Å²) in [7, 11) is 0. The van der Waals surface area contributed by atoms with Gasteiger partial charge in [0.05, 0.1) is 11.7 Å². The van der Waals surface area contributed by atoms with E-state index in [0.29, 0.717) is 22.8 Å². The molecule has 1 spiro atoms. The Kier molecular flexibility index (Phi) is 3.44. The second-order valence-corrected chi connectivity index (χ2v) is 9.31. The van der Waals surface area contributed by atoms with E-state index in [1.165, 1.54) is 6.42 Å². The van der Waals surface area contributed by atoms with Crippen molar-refractivity contribution in [1.29, 1.82) is 0 Å². The van der Waals surface area contributed by atoms with Gasteiger partial charge in [-0.15, -0.1) is 0 Å². The average Bonchev–Trinajstić information content (AvgIpc) is 3.00. The Balaban J connectivity index is 1.84. The molecule has 1 N–H and O–H groups in total. The van der Waals surface area contributed by atoms with E-state index in [0.717, 1.165) is 38.5 Å². The van der Waals surface area contributed by atoms with Crippen molar-refractivity contribution in [3.63, 3.8) is 0 Å². The number of hydrogen-bond acceptors (Lipinski definition) is 2. The summed E-state index contributed by atoms with van der Waals surface area (Å²) in [5.74, 6) is 0.402.